The van der Waals surface area contributed by atoms with Crippen molar-refractivity contribution in [1.82, 2.24) is 10.2 Å². The standard InChI is InChI=1S/C12H16N4O4/c1-15(12(18)7-14-11(17)6-13)8-9-3-2-4-10(5-9)16(19)20/h2-5H,6-8,13H2,1H3,(H,14,17). The van der Waals surface area contributed by atoms with Gasteiger partial charge in [0, 0.05) is 25.7 Å². The number of non-ortho nitro benzene ring substituents is 1. The van der Waals surface area contributed by atoms with Crippen LogP contribution in [0.2, 0.25) is 0 Å². The van der Waals surface area contributed by atoms with E-state index in [9.17, 15) is 19.7 Å². The Labute approximate surface area is 115 Å². The fraction of sp³-hybridized carbons (Fsp3) is 0.333. The number of likely N-dealkylation sites (N-methyl/N-ethyl adjacent to an activating group) is 1. The van der Waals surface area contributed by atoms with E-state index in [0.29, 0.717) is 5.56 Å². The van der Waals surface area contributed by atoms with Crippen molar-refractivity contribution in [3.05, 3.63) is 39.9 Å². The second-order valence-corrected chi connectivity index (χ2v) is 4.16. The van der Waals surface area contributed by atoms with Crippen LogP contribution in [0.5, 0.6) is 0 Å². The molecule has 0 spiro atoms. The van der Waals surface area contributed by atoms with Crippen LogP contribution in [-0.4, -0.2) is 41.8 Å². The lowest BCUT2D eigenvalue weighted by Crippen LogP contribution is -2.40. The summed E-state index contributed by atoms with van der Waals surface area (Å²) in [6, 6.07) is 6.03. The normalized spacial score (nSPS) is 9.90. The van der Waals surface area contributed by atoms with Gasteiger partial charge in [0.1, 0.15) is 0 Å². The Morgan fingerprint density at radius 3 is 2.75 bits per heavy atom. The smallest absolute Gasteiger partial charge is 0.269 e. The van der Waals surface area contributed by atoms with E-state index in [1.807, 2.05) is 0 Å². The molecular formula is C12H16N4O4. The first-order valence-corrected chi connectivity index (χ1v) is 5.88. The molecule has 1 rings (SSSR count). The highest BCUT2D eigenvalue weighted by atomic mass is 16.6. The third kappa shape index (κ3) is 4.65. The lowest BCUT2D eigenvalue weighted by molar-refractivity contribution is -0.384. The molecule has 20 heavy (non-hydrogen) atoms. The van der Waals surface area contributed by atoms with Crippen LogP contribution in [0.25, 0.3) is 0 Å². The molecule has 0 unspecified atom stereocenters. The molecule has 0 aliphatic rings. The summed E-state index contributed by atoms with van der Waals surface area (Å²) in [4.78, 5) is 34.2. The molecular weight excluding hydrogens is 264 g/mol. The van der Waals surface area contributed by atoms with Gasteiger partial charge in [-0.3, -0.25) is 19.7 Å². The number of hydrogen-bond donors (Lipinski definition) is 2. The van der Waals surface area contributed by atoms with Crippen LogP contribution >= 0.6 is 0 Å². The molecule has 0 bridgehead atoms. The first kappa shape index (κ1) is 15.6. The fourth-order valence-corrected chi connectivity index (χ4v) is 1.51. The minimum atomic E-state index is -0.493. The van der Waals surface area contributed by atoms with Gasteiger partial charge in [-0.2, -0.15) is 0 Å². The predicted octanol–water partition coefficient (Wildman–Crippen LogP) is -0.372. The second kappa shape index (κ2) is 7.19. The van der Waals surface area contributed by atoms with Crippen LogP contribution in [0.15, 0.2) is 24.3 Å². The summed E-state index contributed by atoms with van der Waals surface area (Å²) in [6.45, 7) is -0.109. The summed E-state index contributed by atoms with van der Waals surface area (Å²) >= 11 is 0. The number of rotatable bonds is 6. The molecule has 3 N–H and O–H groups in total. The number of amides is 2. The molecule has 0 saturated carbocycles. The lowest BCUT2D eigenvalue weighted by Gasteiger charge is -2.17. The SMILES string of the molecule is CN(Cc1cccc([N+](=O)[O-])c1)C(=O)CNC(=O)CN. The van der Waals surface area contributed by atoms with Crippen LogP contribution in [0.4, 0.5) is 5.69 Å². The van der Waals surface area contributed by atoms with Crippen molar-refractivity contribution in [3.8, 4) is 0 Å². The van der Waals surface area contributed by atoms with Crippen LogP contribution in [0.1, 0.15) is 5.56 Å². The van der Waals surface area contributed by atoms with E-state index < -0.39 is 10.8 Å². The highest BCUT2D eigenvalue weighted by molar-refractivity contribution is 5.85. The second-order valence-electron chi connectivity index (χ2n) is 4.16. The van der Waals surface area contributed by atoms with Crippen molar-refractivity contribution in [2.24, 2.45) is 5.73 Å². The summed E-state index contributed by atoms with van der Waals surface area (Å²) < 4.78 is 0. The number of nitro benzene ring substituents is 1. The average Bonchev–Trinajstić information content (AvgIpc) is 2.44. The zero-order chi connectivity index (χ0) is 15.1. The topological polar surface area (TPSA) is 119 Å². The molecule has 0 saturated heterocycles. The minimum absolute atomic E-state index is 0.0280. The van der Waals surface area contributed by atoms with E-state index >= 15 is 0 Å². The number of hydrogen-bond acceptors (Lipinski definition) is 5. The number of nitrogens with one attached hydrogen (secondary N) is 1. The Morgan fingerprint density at radius 1 is 1.45 bits per heavy atom. The number of carbonyl (C=O) groups is 2. The molecule has 108 valence electrons. The Bertz CT molecular complexity index is 518. The number of nitro groups is 1. The number of carbonyl (C=O) groups excluding carboxylic acids is 2. The van der Waals surface area contributed by atoms with E-state index in [2.05, 4.69) is 5.32 Å². The van der Waals surface area contributed by atoms with Crippen molar-refractivity contribution in [3.63, 3.8) is 0 Å². The van der Waals surface area contributed by atoms with Gasteiger partial charge in [-0.05, 0) is 5.56 Å². The van der Waals surface area contributed by atoms with Crippen LogP contribution in [0, 0.1) is 10.1 Å². The average molecular weight is 280 g/mol. The molecule has 0 radical (unpaired) electrons. The molecule has 0 aliphatic heterocycles. The molecule has 1 aromatic carbocycles. The van der Waals surface area contributed by atoms with Gasteiger partial charge in [0.05, 0.1) is 18.0 Å². The van der Waals surface area contributed by atoms with Crippen molar-refractivity contribution >= 4 is 17.5 Å². The first-order chi connectivity index (χ1) is 9.43. The Morgan fingerprint density at radius 2 is 2.15 bits per heavy atom. The fourth-order valence-electron chi connectivity index (χ4n) is 1.51. The quantitative estimate of drug-likeness (QED) is 0.544. The maximum Gasteiger partial charge on any atom is 0.269 e. The first-order valence-electron chi connectivity index (χ1n) is 5.88. The van der Waals surface area contributed by atoms with Gasteiger partial charge >= 0.3 is 0 Å². The monoisotopic (exact) mass is 280 g/mol. The van der Waals surface area contributed by atoms with Gasteiger partial charge in [-0.15, -0.1) is 0 Å². The minimum Gasteiger partial charge on any atom is -0.346 e. The number of nitrogens with two attached hydrogens (primary N) is 1. The highest BCUT2D eigenvalue weighted by Crippen LogP contribution is 2.14. The molecule has 2 amide bonds. The predicted molar refractivity (Wildman–Crippen MR) is 71.6 cm³/mol. The third-order valence-corrected chi connectivity index (χ3v) is 2.59. The Hall–Kier alpha value is -2.48. The van der Waals surface area contributed by atoms with E-state index in [1.54, 1.807) is 19.2 Å². The zero-order valence-electron chi connectivity index (χ0n) is 11.0. The van der Waals surface area contributed by atoms with Gasteiger partial charge in [0.2, 0.25) is 11.8 Å². The number of nitrogens with zero attached hydrogens (tertiary/aromatic N) is 2. The number of benzene rings is 1. The molecule has 8 heteroatoms. The molecule has 0 fully saturated rings. The third-order valence-electron chi connectivity index (χ3n) is 2.59. The van der Waals surface area contributed by atoms with Crippen molar-refractivity contribution in [2.45, 2.75) is 6.54 Å². The Kier molecular flexibility index (Phi) is 5.60. The highest BCUT2D eigenvalue weighted by Gasteiger charge is 2.12. The molecule has 0 aliphatic carbocycles. The summed E-state index contributed by atoms with van der Waals surface area (Å²) in [7, 11) is 1.55. The summed E-state index contributed by atoms with van der Waals surface area (Å²) in [5, 5.41) is 13.0. The van der Waals surface area contributed by atoms with Crippen molar-refractivity contribution < 1.29 is 14.5 Å². The summed E-state index contributed by atoms with van der Waals surface area (Å²) in [6.07, 6.45) is 0. The molecule has 1 aromatic rings. The van der Waals surface area contributed by atoms with Gasteiger partial charge < -0.3 is 16.0 Å². The summed E-state index contributed by atoms with van der Waals surface area (Å²) in [5.41, 5.74) is 5.71. The van der Waals surface area contributed by atoms with Crippen LogP contribution in [0.3, 0.4) is 0 Å². The van der Waals surface area contributed by atoms with Gasteiger partial charge in [0.25, 0.3) is 5.69 Å². The van der Waals surface area contributed by atoms with E-state index in [0.717, 1.165) is 0 Å². The van der Waals surface area contributed by atoms with Crippen molar-refractivity contribution in [2.75, 3.05) is 20.1 Å². The molecule has 8 nitrogen and oxygen atoms in total. The van der Waals surface area contributed by atoms with Gasteiger partial charge in [0.15, 0.2) is 0 Å². The van der Waals surface area contributed by atoms with E-state index in [4.69, 9.17) is 5.73 Å². The van der Waals surface area contributed by atoms with Crippen LogP contribution < -0.4 is 11.1 Å². The van der Waals surface area contributed by atoms with E-state index in [-0.39, 0.29) is 31.2 Å². The molecule has 0 atom stereocenters. The van der Waals surface area contributed by atoms with Crippen LogP contribution in [-0.2, 0) is 16.1 Å². The maximum atomic E-state index is 11.7. The largest absolute Gasteiger partial charge is 0.346 e. The van der Waals surface area contributed by atoms with Crippen molar-refractivity contribution in [1.29, 1.82) is 0 Å². The van der Waals surface area contributed by atoms with Gasteiger partial charge in [-0.1, -0.05) is 12.1 Å². The Balaban J connectivity index is 2.59. The van der Waals surface area contributed by atoms with Gasteiger partial charge in [-0.25, -0.2) is 0 Å². The summed E-state index contributed by atoms with van der Waals surface area (Å²) in [5.74, 6) is -0.722. The molecule has 0 heterocycles. The lowest BCUT2D eigenvalue weighted by atomic mass is 10.2. The maximum absolute atomic E-state index is 11.7. The molecule has 0 aromatic heterocycles. The zero-order valence-corrected chi connectivity index (χ0v) is 11.0. The van der Waals surface area contributed by atoms with E-state index in [1.165, 1.54) is 17.0 Å².